The largest absolute Gasteiger partial charge is 0.316 e. The highest BCUT2D eigenvalue weighted by Crippen LogP contribution is 2.33. The molecule has 3 atom stereocenters. The second kappa shape index (κ2) is 7.31. The first-order chi connectivity index (χ1) is 9.22. The molecule has 1 saturated carbocycles. The molecule has 1 aromatic rings. The third kappa shape index (κ3) is 4.22. The first-order valence-electron chi connectivity index (χ1n) is 7.64. The third-order valence-corrected chi connectivity index (χ3v) is 4.96. The molecule has 106 valence electrons. The van der Waals surface area contributed by atoms with E-state index in [1.165, 1.54) is 37.7 Å². The van der Waals surface area contributed by atoms with E-state index in [1.54, 1.807) is 0 Å². The molecule has 0 saturated heterocycles. The number of hydrogen-bond donors (Lipinski definition) is 1. The van der Waals surface area contributed by atoms with Crippen LogP contribution >= 0.6 is 11.6 Å². The zero-order valence-electron chi connectivity index (χ0n) is 12.2. The molecule has 1 aromatic carbocycles. The molecule has 0 spiro atoms. The second-order valence-corrected chi connectivity index (χ2v) is 6.36. The Morgan fingerprint density at radius 2 is 2.00 bits per heavy atom. The lowest BCUT2D eigenvalue weighted by molar-refractivity contribution is 0.212. The summed E-state index contributed by atoms with van der Waals surface area (Å²) in [6.07, 6.45) is 8.08. The van der Waals surface area contributed by atoms with Gasteiger partial charge in [0, 0.05) is 11.1 Å². The maximum atomic E-state index is 5.95. The number of rotatable bonds is 5. The Bertz CT molecular complexity index is 373. The van der Waals surface area contributed by atoms with Gasteiger partial charge in [0.25, 0.3) is 0 Å². The highest BCUT2D eigenvalue weighted by atomic mass is 35.5. The van der Waals surface area contributed by atoms with Gasteiger partial charge in [-0.3, -0.25) is 0 Å². The summed E-state index contributed by atoms with van der Waals surface area (Å²) >= 11 is 5.95. The van der Waals surface area contributed by atoms with Gasteiger partial charge in [0.2, 0.25) is 0 Å². The molecule has 0 aromatic heterocycles. The van der Waals surface area contributed by atoms with Gasteiger partial charge < -0.3 is 5.32 Å². The zero-order valence-corrected chi connectivity index (χ0v) is 12.9. The molecule has 0 radical (unpaired) electrons. The van der Waals surface area contributed by atoms with Crippen LogP contribution in [0.2, 0.25) is 5.02 Å². The molecule has 1 nitrogen and oxygen atoms in total. The molecule has 3 unspecified atom stereocenters. The van der Waals surface area contributed by atoms with E-state index >= 15 is 0 Å². The maximum Gasteiger partial charge on any atom is 0.0406 e. The van der Waals surface area contributed by atoms with E-state index in [1.807, 2.05) is 12.1 Å². The minimum Gasteiger partial charge on any atom is -0.316 e. The van der Waals surface area contributed by atoms with Gasteiger partial charge in [0.1, 0.15) is 0 Å². The molecule has 0 aliphatic heterocycles. The summed E-state index contributed by atoms with van der Waals surface area (Å²) in [5, 5.41) is 4.37. The van der Waals surface area contributed by atoms with Crippen LogP contribution in [0.5, 0.6) is 0 Å². The Balaban J connectivity index is 1.97. The van der Waals surface area contributed by atoms with Crippen molar-refractivity contribution in [3.05, 3.63) is 34.9 Å². The average molecular weight is 280 g/mol. The maximum absolute atomic E-state index is 5.95. The topological polar surface area (TPSA) is 12.0 Å². The molecule has 1 aliphatic rings. The van der Waals surface area contributed by atoms with Crippen LogP contribution in [0.1, 0.15) is 44.6 Å². The first-order valence-corrected chi connectivity index (χ1v) is 8.02. The van der Waals surface area contributed by atoms with Crippen molar-refractivity contribution in [1.82, 2.24) is 5.32 Å². The number of halogens is 1. The number of benzene rings is 1. The van der Waals surface area contributed by atoms with Crippen LogP contribution in [0, 0.1) is 11.8 Å². The second-order valence-electron chi connectivity index (χ2n) is 5.93. The summed E-state index contributed by atoms with van der Waals surface area (Å²) in [6, 6.07) is 8.92. The minimum absolute atomic E-state index is 0.607. The van der Waals surface area contributed by atoms with Crippen molar-refractivity contribution in [2.75, 3.05) is 7.05 Å². The van der Waals surface area contributed by atoms with Crippen LogP contribution in [0.3, 0.4) is 0 Å². The summed E-state index contributed by atoms with van der Waals surface area (Å²) < 4.78 is 0. The lowest BCUT2D eigenvalue weighted by Crippen LogP contribution is -2.38. The van der Waals surface area contributed by atoms with E-state index in [0.29, 0.717) is 6.04 Å². The smallest absolute Gasteiger partial charge is 0.0406 e. The van der Waals surface area contributed by atoms with Crippen molar-refractivity contribution in [2.24, 2.45) is 11.8 Å². The van der Waals surface area contributed by atoms with Gasteiger partial charge in [-0.05, 0) is 55.8 Å². The summed E-state index contributed by atoms with van der Waals surface area (Å²) in [5.41, 5.74) is 1.39. The molecule has 19 heavy (non-hydrogen) atoms. The highest BCUT2D eigenvalue weighted by Gasteiger charge is 2.26. The standard InChI is InChI=1S/C17H26ClN/c1-3-13-5-4-6-15(11-13)17(19-2)12-14-7-9-16(18)10-8-14/h7-10,13,15,17,19H,3-6,11-12H2,1-2H3. The van der Waals surface area contributed by atoms with E-state index in [4.69, 9.17) is 11.6 Å². The molecule has 1 aliphatic carbocycles. The van der Waals surface area contributed by atoms with Gasteiger partial charge in [0.15, 0.2) is 0 Å². The summed E-state index contributed by atoms with van der Waals surface area (Å²) in [5.74, 6) is 1.78. The molecule has 1 fully saturated rings. The van der Waals surface area contributed by atoms with Crippen LogP contribution < -0.4 is 5.32 Å². The average Bonchev–Trinajstić information content (AvgIpc) is 2.46. The van der Waals surface area contributed by atoms with Crippen LogP contribution in [0.4, 0.5) is 0 Å². The van der Waals surface area contributed by atoms with Gasteiger partial charge in [-0.25, -0.2) is 0 Å². The Kier molecular flexibility index (Phi) is 5.72. The fourth-order valence-corrected chi connectivity index (χ4v) is 3.57. The Morgan fingerprint density at radius 3 is 2.63 bits per heavy atom. The molecular formula is C17H26ClN. The molecule has 1 N–H and O–H groups in total. The van der Waals surface area contributed by atoms with Gasteiger partial charge in [-0.15, -0.1) is 0 Å². The zero-order chi connectivity index (χ0) is 13.7. The summed E-state index contributed by atoms with van der Waals surface area (Å²) in [6.45, 7) is 2.33. The van der Waals surface area contributed by atoms with E-state index < -0.39 is 0 Å². The van der Waals surface area contributed by atoms with Gasteiger partial charge in [-0.1, -0.05) is 49.9 Å². The first kappa shape index (κ1) is 14.9. The monoisotopic (exact) mass is 279 g/mol. The predicted octanol–water partition coefficient (Wildman–Crippen LogP) is 4.69. The summed E-state index contributed by atoms with van der Waals surface area (Å²) in [7, 11) is 2.11. The van der Waals surface area contributed by atoms with Crippen LogP contribution in [-0.2, 0) is 6.42 Å². The fraction of sp³-hybridized carbons (Fsp3) is 0.647. The molecule has 0 heterocycles. The third-order valence-electron chi connectivity index (χ3n) is 4.71. The predicted molar refractivity (Wildman–Crippen MR) is 83.7 cm³/mol. The molecule has 2 rings (SSSR count). The van der Waals surface area contributed by atoms with Gasteiger partial charge in [-0.2, -0.15) is 0 Å². The van der Waals surface area contributed by atoms with Gasteiger partial charge in [0.05, 0.1) is 0 Å². The van der Waals surface area contributed by atoms with E-state index in [9.17, 15) is 0 Å². The molecular weight excluding hydrogens is 254 g/mol. The Hall–Kier alpha value is -0.530. The van der Waals surface area contributed by atoms with Crippen molar-refractivity contribution in [3.63, 3.8) is 0 Å². The molecule has 0 amide bonds. The normalized spacial score (nSPS) is 25.2. The van der Waals surface area contributed by atoms with Crippen molar-refractivity contribution in [1.29, 1.82) is 0 Å². The van der Waals surface area contributed by atoms with Gasteiger partial charge >= 0.3 is 0 Å². The summed E-state index contributed by atoms with van der Waals surface area (Å²) in [4.78, 5) is 0. The number of nitrogens with one attached hydrogen (secondary N) is 1. The quantitative estimate of drug-likeness (QED) is 0.825. The van der Waals surface area contributed by atoms with Crippen molar-refractivity contribution < 1.29 is 0 Å². The van der Waals surface area contributed by atoms with Crippen LogP contribution in [-0.4, -0.2) is 13.1 Å². The van der Waals surface area contributed by atoms with Crippen molar-refractivity contribution >= 4 is 11.6 Å². The highest BCUT2D eigenvalue weighted by molar-refractivity contribution is 6.30. The molecule has 0 bridgehead atoms. The van der Waals surface area contributed by atoms with E-state index in [0.717, 1.165) is 23.3 Å². The number of likely N-dealkylation sites (N-methyl/N-ethyl adjacent to an activating group) is 1. The molecule has 2 heteroatoms. The minimum atomic E-state index is 0.607. The lowest BCUT2D eigenvalue weighted by Gasteiger charge is -2.34. The van der Waals surface area contributed by atoms with E-state index in [2.05, 4.69) is 31.4 Å². The Labute approximate surface area is 122 Å². The lowest BCUT2D eigenvalue weighted by atomic mass is 9.75. The fourth-order valence-electron chi connectivity index (χ4n) is 3.45. The SMILES string of the molecule is CCC1CCCC(C(Cc2ccc(Cl)cc2)NC)C1. The Morgan fingerprint density at radius 1 is 1.26 bits per heavy atom. The van der Waals surface area contributed by atoms with Crippen LogP contribution in [0.25, 0.3) is 0 Å². The van der Waals surface area contributed by atoms with Crippen LogP contribution in [0.15, 0.2) is 24.3 Å². The van der Waals surface area contributed by atoms with Crippen molar-refractivity contribution in [3.8, 4) is 0 Å². The van der Waals surface area contributed by atoms with Crippen molar-refractivity contribution in [2.45, 2.75) is 51.5 Å². The van der Waals surface area contributed by atoms with E-state index in [-0.39, 0.29) is 0 Å². The number of hydrogen-bond acceptors (Lipinski definition) is 1.